The van der Waals surface area contributed by atoms with Crippen molar-refractivity contribution in [3.63, 3.8) is 0 Å². The van der Waals surface area contributed by atoms with Crippen molar-refractivity contribution in [3.8, 4) is 22.3 Å². The molecule has 2 nitrogen and oxygen atoms in total. The van der Waals surface area contributed by atoms with E-state index in [9.17, 15) is 0 Å². The predicted molar refractivity (Wildman–Crippen MR) is 231 cm³/mol. The van der Waals surface area contributed by atoms with E-state index in [2.05, 4.69) is 223 Å². The van der Waals surface area contributed by atoms with Gasteiger partial charge in [-0.1, -0.05) is 176 Å². The van der Waals surface area contributed by atoms with E-state index in [1.807, 2.05) is 0 Å². The standard InChI is InChI=1S/C53H37NO/c1-5-17-37(18-6-1)38-29-32-43(33-30-38)54(42-24-11-4-12-25-42)48-35-34-47-51-45-27-14-13-21-40(45)31-36-49(51)55-53(47)52(48)50(41-22-9-3-10-23-41)46-28-16-15-26-44(46)39-19-7-2-8-20-39/h1-36,50H. The number of hydrogen-bond acceptors (Lipinski definition) is 2. The van der Waals surface area contributed by atoms with Gasteiger partial charge in [-0.2, -0.15) is 0 Å². The fraction of sp³-hybridized carbons (Fsp3) is 0.0189. The molecule has 0 amide bonds. The van der Waals surface area contributed by atoms with Crippen molar-refractivity contribution in [1.82, 2.24) is 0 Å². The topological polar surface area (TPSA) is 16.4 Å². The largest absolute Gasteiger partial charge is 0.456 e. The van der Waals surface area contributed by atoms with Gasteiger partial charge in [-0.25, -0.2) is 0 Å². The second-order valence-electron chi connectivity index (χ2n) is 14.0. The van der Waals surface area contributed by atoms with Crippen molar-refractivity contribution in [1.29, 1.82) is 0 Å². The number of nitrogens with zero attached hydrogens (tertiary/aromatic N) is 1. The lowest BCUT2D eigenvalue weighted by atomic mass is 9.79. The van der Waals surface area contributed by atoms with Crippen molar-refractivity contribution in [2.75, 3.05) is 4.90 Å². The minimum absolute atomic E-state index is 0.182. The molecular formula is C53H37NO. The summed E-state index contributed by atoms with van der Waals surface area (Å²) in [6.45, 7) is 0. The molecular weight excluding hydrogens is 667 g/mol. The molecule has 10 rings (SSSR count). The van der Waals surface area contributed by atoms with Gasteiger partial charge in [-0.05, 0) is 86.6 Å². The molecule has 0 N–H and O–H groups in total. The summed E-state index contributed by atoms with van der Waals surface area (Å²) in [6.07, 6.45) is 0. The molecule has 260 valence electrons. The highest BCUT2D eigenvalue weighted by Crippen LogP contribution is 2.50. The fourth-order valence-electron chi connectivity index (χ4n) is 8.31. The second kappa shape index (κ2) is 14.0. The number of benzene rings is 9. The van der Waals surface area contributed by atoms with Crippen molar-refractivity contribution >= 4 is 49.8 Å². The summed E-state index contributed by atoms with van der Waals surface area (Å²) in [4.78, 5) is 2.40. The van der Waals surface area contributed by atoms with E-state index in [0.717, 1.165) is 44.6 Å². The molecule has 0 saturated heterocycles. The van der Waals surface area contributed by atoms with Crippen molar-refractivity contribution < 1.29 is 4.42 Å². The average Bonchev–Trinajstić information content (AvgIpc) is 3.66. The zero-order valence-electron chi connectivity index (χ0n) is 30.2. The minimum Gasteiger partial charge on any atom is -0.456 e. The zero-order chi connectivity index (χ0) is 36.6. The number of para-hydroxylation sites is 1. The molecule has 0 fully saturated rings. The van der Waals surface area contributed by atoms with Crippen LogP contribution in [-0.2, 0) is 0 Å². The summed E-state index contributed by atoms with van der Waals surface area (Å²) < 4.78 is 7.17. The van der Waals surface area contributed by atoms with Crippen molar-refractivity contribution in [2.45, 2.75) is 5.92 Å². The van der Waals surface area contributed by atoms with Crippen LogP contribution in [0.4, 0.5) is 17.1 Å². The Labute approximate surface area is 321 Å². The molecule has 0 bridgehead atoms. The first-order valence-corrected chi connectivity index (χ1v) is 18.9. The number of rotatable bonds is 8. The van der Waals surface area contributed by atoms with Crippen molar-refractivity contribution in [3.05, 3.63) is 235 Å². The Kier molecular flexibility index (Phi) is 8.27. The Balaban J connectivity index is 1.31. The smallest absolute Gasteiger partial charge is 0.141 e. The SMILES string of the molecule is c1ccc(-c2ccc(N(c3ccccc3)c3ccc4c(oc5ccc6ccccc6c54)c3C(c3ccccc3)c3ccccc3-c3ccccc3)cc2)cc1. The van der Waals surface area contributed by atoms with Gasteiger partial charge in [0.1, 0.15) is 11.2 Å². The Bertz CT molecular complexity index is 2900. The minimum atomic E-state index is -0.182. The maximum atomic E-state index is 7.17. The van der Waals surface area contributed by atoms with Gasteiger partial charge in [-0.15, -0.1) is 0 Å². The summed E-state index contributed by atoms with van der Waals surface area (Å²) in [5, 5.41) is 4.63. The Morgan fingerprint density at radius 1 is 0.400 bits per heavy atom. The lowest BCUT2D eigenvalue weighted by molar-refractivity contribution is 0.661. The van der Waals surface area contributed by atoms with E-state index >= 15 is 0 Å². The van der Waals surface area contributed by atoms with Gasteiger partial charge in [0.05, 0.1) is 5.69 Å². The molecule has 1 aromatic heterocycles. The molecule has 0 aliphatic heterocycles. The molecule has 0 aliphatic rings. The van der Waals surface area contributed by atoms with Crippen LogP contribution in [0.25, 0.3) is 55.0 Å². The van der Waals surface area contributed by atoms with Crippen LogP contribution in [0.3, 0.4) is 0 Å². The van der Waals surface area contributed by atoms with E-state index in [1.54, 1.807) is 0 Å². The van der Waals surface area contributed by atoms with Crippen LogP contribution < -0.4 is 4.90 Å². The summed E-state index contributed by atoms with van der Waals surface area (Å²) in [7, 11) is 0. The molecule has 55 heavy (non-hydrogen) atoms. The third-order valence-electron chi connectivity index (χ3n) is 10.8. The van der Waals surface area contributed by atoms with Crippen molar-refractivity contribution in [2.24, 2.45) is 0 Å². The Hall–Kier alpha value is -7.16. The summed E-state index contributed by atoms with van der Waals surface area (Å²) in [6, 6.07) is 78.2. The number of furan rings is 1. The Morgan fingerprint density at radius 2 is 0.982 bits per heavy atom. The summed E-state index contributed by atoms with van der Waals surface area (Å²) in [5.41, 5.74) is 13.2. The zero-order valence-corrected chi connectivity index (χ0v) is 30.2. The highest BCUT2D eigenvalue weighted by atomic mass is 16.3. The summed E-state index contributed by atoms with van der Waals surface area (Å²) >= 11 is 0. The van der Waals surface area contributed by atoms with Gasteiger partial charge >= 0.3 is 0 Å². The van der Waals surface area contributed by atoms with Crippen LogP contribution in [0.1, 0.15) is 22.6 Å². The second-order valence-corrected chi connectivity index (χ2v) is 14.0. The predicted octanol–water partition coefficient (Wildman–Crippen LogP) is 14.7. The molecule has 1 atom stereocenters. The fourth-order valence-corrected chi connectivity index (χ4v) is 8.31. The first-order chi connectivity index (χ1) is 27.3. The lowest BCUT2D eigenvalue weighted by Crippen LogP contribution is -2.15. The quantitative estimate of drug-likeness (QED) is 0.147. The molecule has 0 radical (unpaired) electrons. The Morgan fingerprint density at radius 3 is 1.73 bits per heavy atom. The van der Waals surface area contributed by atoms with Gasteiger partial charge in [0.25, 0.3) is 0 Å². The first-order valence-electron chi connectivity index (χ1n) is 18.9. The molecule has 0 spiro atoms. The molecule has 1 unspecified atom stereocenters. The lowest BCUT2D eigenvalue weighted by Gasteiger charge is -2.31. The first kappa shape index (κ1) is 32.5. The van der Waals surface area contributed by atoms with E-state index in [0.29, 0.717) is 0 Å². The van der Waals surface area contributed by atoms with Gasteiger partial charge in [-0.3, -0.25) is 0 Å². The number of fused-ring (bicyclic) bond motifs is 5. The third kappa shape index (κ3) is 5.85. The van der Waals surface area contributed by atoms with Crippen LogP contribution in [-0.4, -0.2) is 0 Å². The van der Waals surface area contributed by atoms with Crippen LogP contribution in [0.2, 0.25) is 0 Å². The molecule has 10 aromatic rings. The number of anilines is 3. The van der Waals surface area contributed by atoms with E-state index in [4.69, 9.17) is 4.42 Å². The van der Waals surface area contributed by atoms with Gasteiger partial charge in [0, 0.05) is 33.6 Å². The highest BCUT2D eigenvalue weighted by Gasteiger charge is 2.31. The number of hydrogen-bond donors (Lipinski definition) is 0. The van der Waals surface area contributed by atoms with Crippen LogP contribution in [0, 0.1) is 0 Å². The maximum absolute atomic E-state index is 7.17. The highest BCUT2D eigenvalue weighted by molar-refractivity contribution is 6.20. The van der Waals surface area contributed by atoms with Crippen LogP contribution in [0.15, 0.2) is 223 Å². The maximum Gasteiger partial charge on any atom is 0.141 e. The van der Waals surface area contributed by atoms with E-state index < -0.39 is 0 Å². The van der Waals surface area contributed by atoms with E-state index in [-0.39, 0.29) is 5.92 Å². The molecule has 0 aliphatic carbocycles. The molecule has 9 aromatic carbocycles. The monoisotopic (exact) mass is 703 g/mol. The normalized spacial score (nSPS) is 11.9. The van der Waals surface area contributed by atoms with E-state index in [1.165, 1.54) is 44.2 Å². The molecule has 1 heterocycles. The van der Waals surface area contributed by atoms with Crippen LogP contribution >= 0.6 is 0 Å². The summed E-state index contributed by atoms with van der Waals surface area (Å²) in [5.74, 6) is -0.182. The van der Waals surface area contributed by atoms with Gasteiger partial charge in [0.2, 0.25) is 0 Å². The van der Waals surface area contributed by atoms with Crippen LogP contribution in [0.5, 0.6) is 0 Å². The van der Waals surface area contributed by atoms with Gasteiger partial charge in [0.15, 0.2) is 0 Å². The molecule has 2 heteroatoms. The average molecular weight is 704 g/mol. The van der Waals surface area contributed by atoms with Gasteiger partial charge < -0.3 is 9.32 Å². The molecule has 0 saturated carbocycles. The third-order valence-corrected chi connectivity index (χ3v) is 10.8.